The molecule has 1 aromatic heterocycles. The molecule has 1 heterocycles. The number of aromatic nitrogens is 2. The van der Waals surface area contributed by atoms with Gasteiger partial charge >= 0.3 is 0 Å². The van der Waals surface area contributed by atoms with E-state index in [1.807, 2.05) is 19.2 Å². The molecule has 1 aliphatic carbocycles. The topological polar surface area (TPSA) is 60.9 Å². The van der Waals surface area contributed by atoms with E-state index in [4.69, 9.17) is 5.73 Å². The number of rotatable bonds is 4. The van der Waals surface area contributed by atoms with E-state index in [2.05, 4.69) is 17.2 Å². The molecule has 2 N–H and O–H groups in total. The third-order valence-electron chi connectivity index (χ3n) is 4.14. The van der Waals surface area contributed by atoms with Crippen LogP contribution in [0.15, 0.2) is 36.7 Å². The van der Waals surface area contributed by atoms with Crippen LogP contribution in [-0.2, 0) is 7.05 Å². The monoisotopic (exact) mass is 269 g/mol. The second-order valence-electron chi connectivity index (χ2n) is 5.54. The normalized spacial score (nSPS) is 16.7. The second kappa shape index (κ2) is 5.21. The molecule has 1 unspecified atom stereocenters. The molecular formula is C16H19N3O. The van der Waals surface area contributed by atoms with Gasteiger partial charge in [0.25, 0.3) is 0 Å². The van der Waals surface area contributed by atoms with Crippen molar-refractivity contribution in [2.24, 2.45) is 12.8 Å². The smallest absolute Gasteiger partial charge is 0.184 e. The fraction of sp³-hybridized carbons (Fsp3) is 0.375. The van der Waals surface area contributed by atoms with Gasteiger partial charge in [-0.05, 0) is 24.3 Å². The maximum atomic E-state index is 12.4. The second-order valence-corrected chi connectivity index (χ2v) is 5.54. The van der Waals surface area contributed by atoms with E-state index >= 15 is 0 Å². The zero-order valence-electron chi connectivity index (χ0n) is 11.6. The van der Waals surface area contributed by atoms with Crippen molar-refractivity contribution in [2.75, 3.05) is 0 Å². The van der Waals surface area contributed by atoms with Crippen molar-refractivity contribution in [3.63, 3.8) is 0 Å². The minimum Gasteiger partial charge on any atom is -0.317 e. The Bertz CT molecular complexity index is 611. The Hall–Kier alpha value is -1.94. The van der Waals surface area contributed by atoms with E-state index in [0.29, 0.717) is 11.5 Å². The fourth-order valence-corrected chi connectivity index (χ4v) is 2.59. The van der Waals surface area contributed by atoms with Crippen LogP contribution in [0, 0.1) is 0 Å². The van der Waals surface area contributed by atoms with Crippen molar-refractivity contribution in [3.8, 4) is 0 Å². The average molecular weight is 269 g/mol. The third-order valence-corrected chi connectivity index (χ3v) is 4.14. The standard InChI is InChI=1S/C16H19N3O/c1-19-10-14(9-18-19)15(17)16(20)13-7-5-12(6-8-13)11-3-2-4-11/h5-11,15H,2-4,17H2,1H3. The van der Waals surface area contributed by atoms with Crippen LogP contribution in [0.4, 0.5) is 0 Å². The number of ketones is 1. The van der Waals surface area contributed by atoms with Crippen molar-refractivity contribution in [3.05, 3.63) is 53.3 Å². The van der Waals surface area contributed by atoms with Crippen LogP contribution in [0.5, 0.6) is 0 Å². The van der Waals surface area contributed by atoms with Crippen LogP contribution in [0.2, 0.25) is 0 Å². The number of carbonyl (C=O) groups excluding carboxylic acids is 1. The van der Waals surface area contributed by atoms with Gasteiger partial charge in [-0.15, -0.1) is 0 Å². The number of nitrogens with two attached hydrogens (primary N) is 1. The first-order valence-corrected chi connectivity index (χ1v) is 7.03. The summed E-state index contributed by atoms with van der Waals surface area (Å²) in [5, 5.41) is 4.05. The molecule has 0 bridgehead atoms. The van der Waals surface area contributed by atoms with Crippen LogP contribution >= 0.6 is 0 Å². The molecule has 0 radical (unpaired) electrons. The summed E-state index contributed by atoms with van der Waals surface area (Å²) in [5.74, 6) is 0.629. The van der Waals surface area contributed by atoms with Crippen LogP contribution in [-0.4, -0.2) is 15.6 Å². The number of nitrogens with zero attached hydrogens (tertiary/aromatic N) is 2. The number of hydrogen-bond donors (Lipinski definition) is 1. The van der Waals surface area contributed by atoms with Gasteiger partial charge in [-0.3, -0.25) is 9.48 Å². The van der Waals surface area contributed by atoms with Gasteiger partial charge in [-0.1, -0.05) is 30.7 Å². The number of hydrogen-bond acceptors (Lipinski definition) is 3. The highest BCUT2D eigenvalue weighted by atomic mass is 16.1. The molecule has 0 saturated heterocycles. The summed E-state index contributed by atoms with van der Waals surface area (Å²) in [4.78, 5) is 12.4. The number of Topliss-reactive ketones (excluding diaryl/α,β-unsaturated/α-hetero) is 1. The molecule has 2 aromatic rings. The van der Waals surface area contributed by atoms with Gasteiger partial charge in [0.05, 0.1) is 12.2 Å². The molecular weight excluding hydrogens is 250 g/mol. The molecule has 4 heteroatoms. The van der Waals surface area contributed by atoms with E-state index in [-0.39, 0.29) is 5.78 Å². The molecule has 1 saturated carbocycles. The van der Waals surface area contributed by atoms with Gasteiger partial charge in [0.1, 0.15) is 0 Å². The summed E-state index contributed by atoms with van der Waals surface area (Å²) >= 11 is 0. The van der Waals surface area contributed by atoms with Crippen molar-refractivity contribution in [1.29, 1.82) is 0 Å². The maximum absolute atomic E-state index is 12.4. The number of benzene rings is 1. The number of aryl methyl sites for hydroxylation is 1. The van der Waals surface area contributed by atoms with Crippen LogP contribution in [0.25, 0.3) is 0 Å². The lowest BCUT2D eigenvalue weighted by Crippen LogP contribution is -2.21. The summed E-state index contributed by atoms with van der Waals surface area (Å²) < 4.78 is 1.65. The first-order chi connectivity index (χ1) is 9.65. The molecule has 0 amide bonds. The molecule has 4 nitrogen and oxygen atoms in total. The van der Waals surface area contributed by atoms with E-state index < -0.39 is 6.04 Å². The Balaban J connectivity index is 1.76. The summed E-state index contributed by atoms with van der Waals surface area (Å²) in [5.41, 5.74) is 8.77. The van der Waals surface area contributed by atoms with Crippen LogP contribution < -0.4 is 5.73 Å². The van der Waals surface area contributed by atoms with E-state index in [9.17, 15) is 4.79 Å². The van der Waals surface area contributed by atoms with Crippen molar-refractivity contribution in [2.45, 2.75) is 31.2 Å². The molecule has 1 fully saturated rings. The highest BCUT2D eigenvalue weighted by Gasteiger charge is 2.21. The van der Waals surface area contributed by atoms with Crippen LogP contribution in [0.1, 0.15) is 52.7 Å². The minimum absolute atomic E-state index is 0.0573. The van der Waals surface area contributed by atoms with Gasteiger partial charge in [0.15, 0.2) is 5.78 Å². The molecule has 1 aromatic carbocycles. The van der Waals surface area contributed by atoms with Crippen LogP contribution in [0.3, 0.4) is 0 Å². The van der Waals surface area contributed by atoms with E-state index in [1.54, 1.807) is 17.1 Å². The number of carbonyl (C=O) groups is 1. The first kappa shape index (κ1) is 13.1. The minimum atomic E-state index is -0.641. The summed E-state index contributed by atoms with van der Waals surface area (Å²) in [6, 6.07) is 7.27. The maximum Gasteiger partial charge on any atom is 0.184 e. The van der Waals surface area contributed by atoms with Gasteiger partial charge in [-0.2, -0.15) is 5.10 Å². The molecule has 0 spiro atoms. The third kappa shape index (κ3) is 2.39. The zero-order valence-corrected chi connectivity index (χ0v) is 11.6. The Kier molecular flexibility index (Phi) is 3.40. The molecule has 3 rings (SSSR count). The summed E-state index contributed by atoms with van der Waals surface area (Å²) in [7, 11) is 1.81. The Morgan fingerprint density at radius 1 is 1.35 bits per heavy atom. The Morgan fingerprint density at radius 2 is 2.05 bits per heavy atom. The first-order valence-electron chi connectivity index (χ1n) is 7.03. The van der Waals surface area contributed by atoms with Gasteiger partial charge in [-0.25, -0.2) is 0 Å². The van der Waals surface area contributed by atoms with Crippen molar-refractivity contribution in [1.82, 2.24) is 9.78 Å². The Labute approximate surface area is 118 Å². The molecule has 1 aliphatic rings. The van der Waals surface area contributed by atoms with E-state index in [1.165, 1.54) is 24.8 Å². The SMILES string of the molecule is Cn1cc(C(N)C(=O)c2ccc(C3CCC3)cc2)cn1. The van der Waals surface area contributed by atoms with Crippen molar-refractivity contribution < 1.29 is 4.79 Å². The molecule has 104 valence electrons. The fourth-order valence-electron chi connectivity index (χ4n) is 2.59. The van der Waals surface area contributed by atoms with Gasteiger partial charge in [0.2, 0.25) is 0 Å². The Morgan fingerprint density at radius 3 is 2.55 bits per heavy atom. The molecule has 20 heavy (non-hydrogen) atoms. The summed E-state index contributed by atoms with van der Waals surface area (Å²) in [6.45, 7) is 0. The summed E-state index contributed by atoms with van der Waals surface area (Å²) in [6.07, 6.45) is 7.28. The van der Waals surface area contributed by atoms with Crippen molar-refractivity contribution >= 4 is 5.78 Å². The predicted molar refractivity (Wildman–Crippen MR) is 77.5 cm³/mol. The largest absolute Gasteiger partial charge is 0.317 e. The lowest BCUT2D eigenvalue weighted by atomic mass is 9.80. The molecule has 0 aliphatic heterocycles. The average Bonchev–Trinajstić information content (AvgIpc) is 2.83. The zero-order chi connectivity index (χ0) is 14.1. The lowest BCUT2D eigenvalue weighted by molar-refractivity contribution is 0.0961. The highest BCUT2D eigenvalue weighted by molar-refractivity contribution is 6.00. The van der Waals surface area contributed by atoms with E-state index in [0.717, 1.165) is 5.56 Å². The van der Waals surface area contributed by atoms with Gasteiger partial charge < -0.3 is 5.73 Å². The quantitative estimate of drug-likeness (QED) is 0.868. The molecule has 1 atom stereocenters. The lowest BCUT2D eigenvalue weighted by Gasteiger charge is -2.25. The van der Waals surface area contributed by atoms with Gasteiger partial charge in [0, 0.05) is 24.4 Å². The predicted octanol–water partition coefficient (Wildman–Crippen LogP) is 2.57. The highest BCUT2D eigenvalue weighted by Crippen LogP contribution is 2.36.